The van der Waals surface area contributed by atoms with Crippen LogP contribution in [0.3, 0.4) is 0 Å². The number of rotatable bonds is 3. The van der Waals surface area contributed by atoms with Crippen molar-refractivity contribution < 1.29 is 18.1 Å². The predicted octanol–water partition coefficient (Wildman–Crippen LogP) is 2.52. The standard InChI is InChI=1S/C15H21BF2N2O2/c1-14(2)15(3,4)22-16(21-14)10(8-19)5-9-6-12(18)13(20)7-11(9)17/h5-7H,8,19-20H2,1-4H3. The zero-order valence-corrected chi connectivity index (χ0v) is 13.2. The fourth-order valence-electron chi connectivity index (χ4n) is 2.11. The van der Waals surface area contributed by atoms with Crippen LogP contribution in [-0.2, 0) is 9.31 Å². The fourth-order valence-corrected chi connectivity index (χ4v) is 2.11. The Bertz CT molecular complexity index is 602. The molecule has 120 valence electrons. The molecule has 1 aromatic carbocycles. The average Bonchev–Trinajstić information content (AvgIpc) is 2.61. The molecule has 0 aliphatic carbocycles. The van der Waals surface area contributed by atoms with Crippen LogP contribution in [-0.4, -0.2) is 24.9 Å². The summed E-state index contributed by atoms with van der Waals surface area (Å²) in [6.45, 7) is 7.73. The molecule has 0 radical (unpaired) electrons. The SMILES string of the molecule is CC1(C)OB(C(=Cc2cc(F)c(N)cc2F)CN)OC1(C)C. The summed E-state index contributed by atoms with van der Waals surface area (Å²) < 4.78 is 39.2. The van der Waals surface area contributed by atoms with E-state index < -0.39 is 30.0 Å². The maximum atomic E-state index is 13.9. The number of benzene rings is 1. The number of hydrogen-bond acceptors (Lipinski definition) is 4. The van der Waals surface area contributed by atoms with Gasteiger partial charge in [-0.3, -0.25) is 0 Å². The van der Waals surface area contributed by atoms with Crippen molar-refractivity contribution in [3.63, 3.8) is 0 Å². The molecule has 7 heteroatoms. The molecule has 0 saturated carbocycles. The number of nitrogen functional groups attached to an aromatic ring is 1. The Morgan fingerprint density at radius 1 is 1.14 bits per heavy atom. The minimum Gasteiger partial charge on any atom is -0.400 e. The highest BCUT2D eigenvalue weighted by molar-refractivity contribution is 6.55. The van der Waals surface area contributed by atoms with Gasteiger partial charge in [0.25, 0.3) is 0 Å². The molecule has 1 fully saturated rings. The van der Waals surface area contributed by atoms with Gasteiger partial charge in [-0.2, -0.15) is 0 Å². The van der Waals surface area contributed by atoms with E-state index >= 15 is 0 Å². The summed E-state index contributed by atoms with van der Waals surface area (Å²) >= 11 is 0. The Labute approximate surface area is 129 Å². The Morgan fingerprint density at radius 2 is 1.68 bits per heavy atom. The van der Waals surface area contributed by atoms with Gasteiger partial charge in [0, 0.05) is 18.2 Å². The lowest BCUT2D eigenvalue weighted by molar-refractivity contribution is 0.00578. The smallest absolute Gasteiger partial charge is 0.400 e. The molecule has 1 aromatic rings. The van der Waals surface area contributed by atoms with E-state index in [1.54, 1.807) is 0 Å². The summed E-state index contributed by atoms with van der Waals surface area (Å²) in [5.74, 6) is -1.31. The zero-order valence-electron chi connectivity index (χ0n) is 13.2. The van der Waals surface area contributed by atoms with Crippen LogP contribution in [0.15, 0.2) is 17.6 Å². The average molecular weight is 310 g/mol. The molecule has 22 heavy (non-hydrogen) atoms. The molecule has 1 aliphatic rings. The molecule has 4 N–H and O–H groups in total. The van der Waals surface area contributed by atoms with Crippen molar-refractivity contribution in [1.29, 1.82) is 0 Å². The Balaban J connectivity index is 2.36. The van der Waals surface area contributed by atoms with Crippen molar-refractivity contribution in [3.05, 3.63) is 34.8 Å². The van der Waals surface area contributed by atoms with E-state index in [1.165, 1.54) is 6.08 Å². The first-order chi connectivity index (χ1) is 10.1. The summed E-state index contributed by atoms with van der Waals surface area (Å²) in [6.07, 6.45) is 1.44. The van der Waals surface area contributed by atoms with Crippen LogP contribution in [0.4, 0.5) is 14.5 Å². The van der Waals surface area contributed by atoms with Crippen molar-refractivity contribution >= 4 is 18.9 Å². The number of halogens is 2. The van der Waals surface area contributed by atoms with E-state index in [2.05, 4.69) is 0 Å². The van der Waals surface area contributed by atoms with Crippen molar-refractivity contribution in [2.24, 2.45) is 5.73 Å². The first kappa shape index (κ1) is 16.9. The third-order valence-electron chi connectivity index (χ3n) is 4.25. The van der Waals surface area contributed by atoms with Crippen molar-refractivity contribution in [3.8, 4) is 0 Å². The highest BCUT2D eigenvalue weighted by atomic mass is 19.1. The van der Waals surface area contributed by atoms with Gasteiger partial charge in [-0.25, -0.2) is 8.78 Å². The van der Waals surface area contributed by atoms with Gasteiger partial charge in [-0.05, 0) is 39.2 Å². The summed E-state index contributed by atoms with van der Waals surface area (Å²) in [6, 6.07) is 1.98. The first-order valence-electron chi connectivity index (χ1n) is 7.08. The minimum atomic E-state index is -0.699. The van der Waals surface area contributed by atoms with E-state index in [4.69, 9.17) is 20.8 Å². The molecule has 1 aliphatic heterocycles. The number of nitrogens with two attached hydrogens (primary N) is 2. The maximum absolute atomic E-state index is 13.9. The molecular weight excluding hydrogens is 289 g/mol. The molecule has 0 unspecified atom stereocenters. The van der Waals surface area contributed by atoms with Crippen LogP contribution < -0.4 is 11.5 Å². The third-order valence-corrected chi connectivity index (χ3v) is 4.25. The zero-order chi connectivity index (χ0) is 16.7. The quantitative estimate of drug-likeness (QED) is 0.665. The monoisotopic (exact) mass is 310 g/mol. The van der Waals surface area contributed by atoms with Gasteiger partial charge in [0.2, 0.25) is 0 Å². The van der Waals surface area contributed by atoms with Crippen molar-refractivity contribution in [1.82, 2.24) is 0 Å². The molecule has 0 atom stereocenters. The predicted molar refractivity (Wildman–Crippen MR) is 83.9 cm³/mol. The molecule has 0 bridgehead atoms. The number of hydrogen-bond donors (Lipinski definition) is 2. The lowest BCUT2D eigenvalue weighted by Crippen LogP contribution is -2.41. The van der Waals surface area contributed by atoms with Gasteiger partial charge in [0.15, 0.2) is 0 Å². The van der Waals surface area contributed by atoms with Crippen LogP contribution in [0.5, 0.6) is 0 Å². The molecule has 0 amide bonds. The van der Waals surface area contributed by atoms with Gasteiger partial charge < -0.3 is 20.8 Å². The molecule has 0 aromatic heterocycles. The second-order valence-electron chi connectivity index (χ2n) is 6.41. The van der Waals surface area contributed by atoms with Gasteiger partial charge in [-0.15, -0.1) is 0 Å². The number of anilines is 1. The van der Waals surface area contributed by atoms with Crippen LogP contribution in [0.1, 0.15) is 33.3 Å². The Hall–Kier alpha value is -1.44. The van der Waals surface area contributed by atoms with E-state index in [9.17, 15) is 8.78 Å². The van der Waals surface area contributed by atoms with Crippen LogP contribution >= 0.6 is 0 Å². The van der Waals surface area contributed by atoms with Gasteiger partial charge in [0.1, 0.15) is 11.6 Å². The van der Waals surface area contributed by atoms with Gasteiger partial charge >= 0.3 is 7.12 Å². The second-order valence-corrected chi connectivity index (χ2v) is 6.41. The largest absolute Gasteiger partial charge is 0.491 e. The Kier molecular flexibility index (Phi) is 4.34. The summed E-state index contributed by atoms with van der Waals surface area (Å²) in [5, 5.41) is 0. The van der Waals surface area contributed by atoms with Gasteiger partial charge in [-0.1, -0.05) is 6.08 Å². The maximum Gasteiger partial charge on any atom is 0.491 e. The molecule has 1 saturated heterocycles. The van der Waals surface area contributed by atoms with E-state index in [1.807, 2.05) is 27.7 Å². The van der Waals surface area contributed by atoms with E-state index in [-0.39, 0.29) is 17.8 Å². The molecule has 0 spiro atoms. The minimum absolute atomic E-state index is 0.0573. The molecular formula is C15H21BF2N2O2. The Morgan fingerprint density at radius 3 is 2.18 bits per heavy atom. The fraction of sp³-hybridized carbons (Fsp3) is 0.467. The van der Waals surface area contributed by atoms with Crippen LogP contribution in [0.2, 0.25) is 0 Å². The normalized spacial score (nSPS) is 20.5. The summed E-state index contributed by atoms with van der Waals surface area (Å²) in [7, 11) is -0.699. The molecule has 1 heterocycles. The van der Waals surface area contributed by atoms with E-state index in [0.717, 1.165) is 12.1 Å². The summed E-state index contributed by atoms with van der Waals surface area (Å²) in [4.78, 5) is 0. The van der Waals surface area contributed by atoms with Crippen molar-refractivity contribution in [2.75, 3.05) is 12.3 Å². The lowest BCUT2D eigenvalue weighted by atomic mass is 9.77. The summed E-state index contributed by atoms with van der Waals surface area (Å²) in [5.41, 5.74) is 10.4. The van der Waals surface area contributed by atoms with Crippen LogP contribution in [0, 0.1) is 11.6 Å². The van der Waals surface area contributed by atoms with Crippen molar-refractivity contribution in [2.45, 2.75) is 38.9 Å². The molecule has 2 rings (SSSR count). The highest BCUT2D eigenvalue weighted by Crippen LogP contribution is 2.38. The van der Waals surface area contributed by atoms with Crippen LogP contribution in [0.25, 0.3) is 6.08 Å². The third kappa shape index (κ3) is 3.02. The second kappa shape index (κ2) is 5.64. The topological polar surface area (TPSA) is 70.5 Å². The highest BCUT2D eigenvalue weighted by Gasteiger charge is 2.52. The van der Waals surface area contributed by atoms with Gasteiger partial charge in [0.05, 0.1) is 16.9 Å². The van der Waals surface area contributed by atoms with E-state index in [0.29, 0.717) is 5.47 Å². The first-order valence-corrected chi connectivity index (χ1v) is 7.08. The molecule has 4 nitrogen and oxygen atoms in total. The lowest BCUT2D eigenvalue weighted by Gasteiger charge is -2.32.